The lowest BCUT2D eigenvalue weighted by molar-refractivity contribution is -0.144. The molecule has 4 nitrogen and oxygen atoms in total. The SMILES string of the molecule is CC(F)(F)c1cccc(N2CCN(C(=O)C34CCCC3CC(N3CCC(c5ccccc5)CC3)C4)CC2)c1. The van der Waals surface area contributed by atoms with E-state index in [0.717, 1.165) is 45.0 Å². The maximum atomic E-state index is 14.1. The second-order valence-electron chi connectivity index (χ2n) is 12.3. The molecule has 4 fully saturated rings. The summed E-state index contributed by atoms with van der Waals surface area (Å²) in [5.74, 6) is -1.31. The van der Waals surface area contributed by atoms with Crippen LogP contribution in [0.4, 0.5) is 14.5 Å². The quantitative estimate of drug-likeness (QED) is 0.464. The summed E-state index contributed by atoms with van der Waals surface area (Å²) in [6.07, 6.45) is 7.97. The van der Waals surface area contributed by atoms with Crippen molar-refractivity contribution in [2.24, 2.45) is 11.3 Å². The number of nitrogens with zero attached hydrogens (tertiary/aromatic N) is 3. The number of alkyl halides is 2. The number of halogens is 2. The second kappa shape index (κ2) is 10.3. The van der Waals surface area contributed by atoms with E-state index in [1.165, 1.54) is 37.3 Å². The standard InChI is InChI=1S/C32H41F2N3O/c1-31(33,34)26-9-5-11-28(21-26)36-17-19-37(20-18-36)30(38)32-14-6-10-27(32)22-29(23-32)35-15-12-25(13-16-35)24-7-3-2-4-8-24/h2-5,7-9,11,21,25,27,29H,6,10,12-20,22-23H2,1H3. The van der Waals surface area contributed by atoms with Crippen LogP contribution in [0.1, 0.15) is 68.9 Å². The van der Waals surface area contributed by atoms with E-state index >= 15 is 0 Å². The van der Waals surface area contributed by atoms with Gasteiger partial charge in [0, 0.05) is 50.4 Å². The Hall–Kier alpha value is -2.47. The minimum atomic E-state index is -2.85. The van der Waals surface area contributed by atoms with Gasteiger partial charge in [-0.25, -0.2) is 8.78 Å². The molecule has 2 aromatic rings. The van der Waals surface area contributed by atoms with Crippen molar-refractivity contribution in [3.8, 4) is 0 Å². The Morgan fingerprint density at radius 3 is 2.37 bits per heavy atom. The summed E-state index contributed by atoms with van der Waals surface area (Å²) >= 11 is 0. The summed E-state index contributed by atoms with van der Waals surface area (Å²) in [4.78, 5) is 21.0. The molecule has 3 unspecified atom stereocenters. The molecule has 3 atom stereocenters. The van der Waals surface area contributed by atoms with Gasteiger partial charge in [0.05, 0.1) is 5.41 Å². The summed E-state index contributed by atoms with van der Waals surface area (Å²) in [6, 6.07) is 18.2. The van der Waals surface area contributed by atoms with Crippen molar-refractivity contribution in [2.45, 2.75) is 69.8 Å². The number of piperidine rings is 1. The monoisotopic (exact) mass is 521 g/mol. The minimum absolute atomic E-state index is 0.0472. The molecule has 204 valence electrons. The minimum Gasteiger partial charge on any atom is -0.368 e. The Bertz CT molecular complexity index is 1120. The van der Waals surface area contributed by atoms with E-state index < -0.39 is 5.92 Å². The van der Waals surface area contributed by atoms with Gasteiger partial charge in [-0.3, -0.25) is 4.79 Å². The van der Waals surface area contributed by atoms with Crippen LogP contribution >= 0.6 is 0 Å². The molecule has 38 heavy (non-hydrogen) atoms. The van der Waals surface area contributed by atoms with Crippen molar-refractivity contribution >= 4 is 11.6 Å². The Morgan fingerprint density at radius 2 is 1.66 bits per heavy atom. The molecule has 2 aliphatic heterocycles. The molecule has 2 aromatic carbocycles. The van der Waals surface area contributed by atoms with Crippen LogP contribution in [0, 0.1) is 11.3 Å². The lowest BCUT2D eigenvalue weighted by Gasteiger charge is -2.41. The molecule has 0 radical (unpaired) electrons. The van der Waals surface area contributed by atoms with E-state index in [1.807, 2.05) is 6.07 Å². The van der Waals surface area contributed by atoms with Crippen LogP contribution in [0.5, 0.6) is 0 Å². The fourth-order valence-corrected chi connectivity index (χ4v) is 8.02. The zero-order valence-electron chi connectivity index (χ0n) is 22.6. The van der Waals surface area contributed by atoms with Gasteiger partial charge in [-0.2, -0.15) is 0 Å². The molecule has 0 aromatic heterocycles. The number of likely N-dealkylation sites (tertiary alicyclic amines) is 1. The maximum Gasteiger partial charge on any atom is 0.270 e. The molecule has 0 spiro atoms. The summed E-state index contributed by atoms with van der Waals surface area (Å²) in [6.45, 7) is 5.95. The topological polar surface area (TPSA) is 26.8 Å². The average molecular weight is 522 g/mol. The normalized spacial score (nSPS) is 29.0. The first-order chi connectivity index (χ1) is 18.3. The fourth-order valence-electron chi connectivity index (χ4n) is 8.02. The Kier molecular flexibility index (Phi) is 6.96. The third-order valence-corrected chi connectivity index (χ3v) is 10.1. The van der Waals surface area contributed by atoms with Crippen molar-refractivity contribution in [2.75, 3.05) is 44.2 Å². The molecule has 1 amide bonds. The number of hydrogen-bond donors (Lipinski definition) is 0. The molecule has 6 heteroatoms. The van der Waals surface area contributed by atoms with Crippen LogP contribution in [0.3, 0.4) is 0 Å². The number of amides is 1. The lowest BCUT2D eigenvalue weighted by Crippen LogP contribution is -2.53. The highest BCUT2D eigenvalue weighted by Gasteiger charge is 2.57. The highest BCUT2D eigenvalue weighted by molar-refractivity contribution is 5.84. The molecule has 2 heterocycles. The van der Waals surface area contributed by atoms with Gasteiger partial charge in [0.1, 0.15) is 0 Å². The van der Waals surface area contributed by atoms with Crippen molar-refractivity contribution in [1.29, 1.82) is 0 Å². The Labute approximate surface area is 226 Å². The molecule has 0 N–H and O–H groups in total. The second-order valence-corrected chi connectivity index (χ2v) is 12.3. The zero-order valence-corrected chi connectivity index (χ0v) is 22.6. The van der Waals surface area contributed by atoms with Gasteiger partial charge in [-0.1, -0.05) is 48.9 Å². The predicted molar refractivity (Wildman–Crippen MR) is 148 cm³/mol. The number of fused-ring (bicyclic) bond motifs is 1. The van der Waals surface area contributed by atoms with Crippen molar-refractivity contribution in [3.63, 3.8) is 0 Å². The first-order valence-electron chi connectivity index (χ1n) is 14.7. The summed E-state index contributed by atoms with van der Waals surface area (Å²) < 4.78 is 27.7. The first-order valence-corrected chi connectivity index (χ1v) is 14.7. The van der Waals surface area contributed by atoms with Gasteiger partial charge in [-0.15, -0.1) is 0 Å². The average Bonchev–Trinajstić information content (AvgIpc) is 3.52. The van der Waals surface area contributed by atoms with E-state index in [9.17, 15) is 13.6 Å². The van der Waals surface area contributed by atoms with Crippen molar-refractivity contribution in [3.05, 3.63) is 65.7 Å². The van der Waals surface area contributed by atoms with E-state index in [4.69, 9.17) is 0 Å². The number of carbonyl (C=O) groups excluding carboxylic acids is 1. The number of rotatable bonds is 5. The smallest absolute Gasteiger partial charge is 0.270 e. The van der Waals surface area contributed by atoms with Crippen LogP contribution in [-0.4, -0.2) is 61.0 Å². The summed E-state index contributed by atoms with van der Waals surface area (Å²) in [5.41, 5.74) is 2.16. The molecule has 0 bridgehead atoms. The third-order valence-electron chi connectivity index (χ3n) is 10.1. The van der Waals surface area contributed by atoms with E-state index in [-0.39, 0.29) is 11.0 Å². The summed E-state index contributed by atoms with van der Waals surface area (Å²) in [7, 11) is 0. The van der Waals surface area contributed by atoms with E-state index in [0.29, 0.717) is 50.0 Å². The molecule has 2 saturated carbocycles. The number of benzene rings is 2. The number of piperazine rings is 1. The van der Waals surface area contributed by atoms with E-state index in [1.54, 1.807) is 12.1 Å². The van der Waals surface area contributed by atoms with Gasteiger partial charge in [0.2, 0.25) is 5.91 Å². The largest absolute Gasteiger partial charge is 0.368 e. The Balaban J connectivity index is 1.07. The lowest BCUT2D eigenvalue weighted by atomic mass is 9.78. The van der Waals surface area contributed by atoms with E-state index in [2.05, 4.69) is 45.0 Å². The van der Waals surface area contributed by atoms with Crippen LogP contribution in [0.25, 0.3) is 0 Å². The fraction of sp³-hybridized carbons (Fsp3) is 0.594. The van der Waals surface area contributed by atoms with Crippen LogP contribution in [0.2, 0.25) is 0 Å². The maximum absolute atomic E-state index is 14.1. The molecule has 6 rings (SSSR count). The summed E-state index contributed by atoms with van der Waals surface area (Å²) in [5, 5.41) is 0. The molecule has 2 aliphatic carbocycles. The number of carbonyl (C=O) groups is 1. The number of anilines is 1. The highest BCUT2D eigenvalue weighted by Crippen LogP contribution is 2.56. The molecular formula is C32H41F2N3O. The van der Waals surface area contributed by atoms with Gasteiger partial charge in [0.15, 0.2) is 0 Å². The third kappa shape index (κ3) is 4.85. The predicted octanol–water partition coefficient (Wildman–Crippen LogP) is 6.28. The van der Waals surface area contributed by atoms with Gasteiger partial charge < -0.3 is 14.7 Å². The van der Waals surface area contributed by atoms with Crippen molar-refractivity contribution < 1.29 is 13.6 Å². The zero-order chi connectivity index (χ0) is 26.3. The Morgan fingerprint density at radius 1 is 0.921 bits per heavy atom. The van der Waals surface area contributed by atoms with Crippen LogP contribution < -0.4 is 4.90 Å². The van der Waals surface area contributed by atoms with Gasteiger partial charge in [-0.05, 0) is 81.1 Å². The van der Waals surface area contributed by atoms with Crippen molar-refractivity contribution in [1.82, 2.24) is 9.80 Å². The van der Waals surface area contributed by atoms with Crippen LogP contribution in [0.15, 0.2) is 54.6 Å². The molecular weight excluding hydrogens is 480 g/mol. The van der Waals surface area contributed by atoms with Gasteiger partial charge >= 0.3 is 0 Å². The first kappa shape index (κ1) is 25.8. The number of hydrogen-bond acceptors (Lipinski definition) is 3. The van der Waals surface area contributed by atoms with Gasteiger partial charge in [0.25, 0.3) is 5.92 Å². The molecule has 4 aliphatic rings. The highest BCUT2D eigenvalue weighted by atomic mass is 19.3. The van der Waals surface area contributed by atoms with Crippen LogP contribution in [-0.2, 0) is 10.7 Å². The molecule has 2 saturated heterocycles.